The molecule has 2 heterocycles. The van der Waals surface area contributed by atoms with Gasteiger partial charge in [-0.05, 0) is 93.6 Å². The van der Waals surface area contributed by atoms with Gasteiger partial charge in [-0.2, -0.15) is 0 Å². The third-order valence-corrected chi connectivity index (χ3v) is 9.72. The smallest absolute Gasteiger partial charge is 0.0541 e. The highest BCUT2D eigenvalue weighted by Crippen LogP contribution is 2.40. The molecule has 2 heteroatoms. The van der Waals surface area contributed by atoms with Crippen LogP contribution < -0.4 is 4.90 Å². The van der Waals surface area contributed by atoms with Crippen LogP contribution in [-0.2, 0) is 0 Å². The van der Waals surface area contributed by atoms with Gasteiger partial charge in [-0.25, -0.2) is 0 Å². The van der Waals surface area contributed by atoms with Crippen LogP contribution in [0.4, 0.5) is 11.4 Å². The lowest BCUT2D eigenvalue weighted by molar-refractivity contribution is 1.18. The number of allylic oxidation sites excluding steroid dienone is 4. The molecule has 9 rings (SSSR count). The van der Waals surface area contributed by atoms with Crippen LogP contribution in [0.25, 0.3) is 66.4 Å². The van der Waals surface area contributed by atoms with Crippen molar-refractivity contribution in [2.75, 3.05) is 4.90 Å². The van der Waals surface area contributed by atoms with Crippen LogP contribution in [0.5, 0.6) is 0 Å². The molecular weight excluding hydrogens is 605 g/mol. The van der Waals surface area contributed by atoms with Gasteiger partial charge in [0.2, 0.25) is 0 Å². The average Bonchev–Trinajstić information content (AvgIpc) is 3.51. The van der Waals surface area contributed by atoms with E-state index in [1.54, 1.807) is 0 Å². The fourth-order valence-corrected chi connectivity index (χ4v) is 7.22. The van der Waals surface area contributed by atoms with E-state index >= 15 is 0 Å². The zero-order valence-corrected chi connectivity index (χ0v) is 27.6. The number of nitrogens with zero attached hydrogens (tertiary/aromatic N) is 2. The second kappa shape index (κ2) is 12.4. The van der Waals surface area contributed by atoms with Crippen LogP contribution in [0.2, 0.25) is 0 Å². The Morgan fingerprint density at radius 3 is 1.80 bits per heavy atom. The number of hydrogen-bond donors (Lipinski definition) is 0. The molecule has 0 spiro atoms. The van der Waals surface area contributed by atoms with Crippen molar-refractivity contribution in [1.29, 1.82) is 0 Å². The first-order valence-electron chi connectivity index (χ1n) is 17.0. The van der Waals surface area contributed by atoms with Crippen molar-refractivity contribution in [2.24, 2.45) is 0 Å². The highest BCUT2D eigenvalue weighted by molar-refractivity contribution is 6.10. The third kappa shape index (κ3) is 5.24. The first kappa shape index (κ1) is 29.5. The van der Waals surface area contributed by atoms with E-state index in [0.29, 0.717) is 0 Å². The quantitative estimate of drug-likeness (QED) is 0.182. The molecule has 0 aliphatic carbocycles. The van der Waals surface area contributed by atoms with E-state index in [9.17, 15) is 0 Å². The van der Waals surface area contributed by atoms with Gasteiger partial charge in [0.05, 0.1) is 16.7 Å². The van der Waals surface area contributed by atoms with Crippen molar-refractivity contribution in [3.05, 3.63) is 206 Å². The molecule has 0 amide bonds. The summed E-state index contributed by atoms with van der Waals surface area (Å²) in [6, 6.07) is 61.1. The molecule has 1 aliphatic heterocycles. The second-order valence-electron chi connectivity index (χ2n) is 12.7. The molecular formula is C48H34N2. The molecule has 8 aromatic rings. The van der Waals surface area contributed by atoms with Gasteiger partial charge in [0.1, 0.15) is 0 Å². The number of aromatic nitrogens is 1. The lowest BCUT2D eigenvalue weighted by atomic mass is 9.96. The van der Waals surface area contributed by atoms with E-state index in [-0.39, 0.29) is 0 Å². The SMILES string of the molecule is C=C1/C=C\C=C/N(c2ccc(-c3ccccc3)cc2)c2cc(-c3ccc4c(c3)c3ccccc3n4-c3cccc(-c4ccccc4)c3)ccc21. The van der Waals surface area contributed by atoms with Gasteiger partial charge >= 0.3 is 0 Å². The Morgan fingerprint density at radius 1 is 0.400 bits per heavy atom. The minimum absolute atomic E-state index is 0.984. The van der Waals surface area contributed by atoms with Gasteiger partial charge in [-0.3, -0.25) is 0 Å². The average molecular weight is 639 g/mol. The molecule has 1 aromatic heterocycles. The summed E-state index contributed by atoms with van der Waals surface area (Å²) in [5, 5.41) is 2.47. The lowest BCUT2D eigenvalue weighted by Gasteiger charge is -2.26. The summed E-state index contributed by atoms with van der Waals surface area (Å²) in [7, 11) is 0. The fourth-order valence-electron chi connectivity index (χ4n) is 7.22. The van der Waals surface area contributed by atoms with Gasteiger partial charge in [0.25, 0.3) is 0 Å². The largest absolute Gasteiger partial charge is 0.317 e. The van der Waals surface area contributed by atoms with Gasteiger partial charge in [0, 0.05) is 33.9 Å². The molecule has 0 bridgehead atoms. The maximum absolute atomic E-state index is 4.42. The monoisotopic (exact) mass is 638 g/mol. The van der Waals surface area contributed by atoms with Crippen molar-refractivity contribution in [1.82, 2.24) is 4.57 Å². The van der Waals surface area contributed by atoms with Crippen molar-refractivity contribution >= 4 is 38.8 Å². The molecule has 0 N–H and O–H groups in total. The van der Waals surface area contributed by atoms with Crippen molar-refractivity contribution in [3.63, 3.8) is 0 Å². The Labute approximate surface area is 292 Å². The zero-order valence-electron chi connectivity index (χ0n) is 27.6. The van der Waals surface area contributed by atoms with Crippen LogP contribution in [0.1, 0.15) is 5.56 Å². The maximum atomic E-state index is 4.42. The van der Waals surface area contributed by atoms with E-state index in [1.807, 2.05) is 0 Å². The highest BCUT2D eigenvalue weighted by atomic mass is 15.1. The molecule has 50 heavy (non-hydrogen) atoms. The molecule has 0 saturated carbocycles. The summed E-state index contributed by atoms with van der Waals surface area (Å²) >= 11 is 0. The number of benzene rings is 7. The lowest BCUT2D eigenvalue weighted by Crippen LogP contribution is -2.11. The minimum atomic E-state index is 0.984. The topological polar surface area (TPSA) is 8.17 Å². The molecule has 2 nitrogen and oxygen atoms in total. The molecule has 1 aliphatic rings. The number of hydrogen-bond acceptors (Lipinski definition) is 1. The Hall–Kier alpha value is -6.64. The summed E-state index contributed by atoms with van der Waals surface area (Å²) in [5.74, 6) is 0. The van der Waals surface area contributed by atoms with E-state index in [4.69, 9.17) is 0 Å². The van der Waals surface area contributed by atoms with E-state index in [0.717, 1.165) is 33.8 Å². The van der Waals surface area contributed by atoms with Crippen LogP contribution in [0, 0.1) is 0 Å². The zero-order chi connectivity index (χ0) is 33.4. The van der Waals surface area contributed by atoms with Crippen LogP contribution in [0.3, 0.4) is 0 Å². The van der Waals surface area contributed by atoms with Crippen molar-refractivity contribution in [3.8, 4) is 39.1 Å². The van der Waals surface area contributed by atoms with Gasteiger partial charge in [0.15, 0.2) is 0 Å². The Balaban J connectivity index is 1.15. The first-order valence-corrected chi connectivity index (χ1v) is 17.0. The van der Waals surface area contributed by atoms with E-state index in [2.05, 4.69) is 210 Å². The third-order valence-electron chi connectivity index (χ3n) is 9.72. The second-order valence-corrected chi connectivity index (χ2v) is 12.7. The van der Waals surface area contributed by atoms with Crippen molar-refractivity contribution < 1.29 is 0 Å². The molecule has 7 aromatic carbocycles. The predicted molar refractivity (Wildman–Crippen MR) is 213 cm³/mol. The number of fused-ring (bicyclic) bond motifs is 4. The van der Waals surface area contributed by atoms with Crippen LogP contribution in [-0.4, -0.2) is 4.57 Å². The Morgan fingerprint density at radius 2 is 1.00 bits per heavy atom. The number of anilines is 2. The summed E-state index contributed by atoms with van der Waals surface area (Å²) in [6.45, 7) is 4.42. The molecule has 0 atom stereocenters. The van der Waals surface area contributed by atoms with E-state index in [1.165, 1.54) is 49.6 Å². The van der Waals surface area contributed by atoms with Gasteiger partial charge in [-0.15, -0.1) is 0 Å². The Kier molecular flexibility index (Phi) is 7.33. The summed E-state index contributed by atoms with van der Waals surface area (Å²) in [5.41, 5.74) is 15.0. The molecule has 0 radical (unpaired) electrons. The standard InChI is InChI=1S/C48H34N2/c1-34-13-10-11-30-49(41-26-22-37(23-27-41)35-14-4-2-5-15-35)48-33-40(24-28-43(34)48)39-25-29-47-45(32-39)44-20-8-9-21-46(44)50(47)42-19-12-18-38(31-42)36-16-6-3-7-17-36/h2-33H,1H2/b13-10-,30-11-. The minimum Gasteiger partial charge on any atom is -0.317 e. The van der Waals surface area contributed by atoms with Crippen molar-refractivity contribution in [2.45, 2.75) is 0 Å². The number of para-hydroxylation sites is 1. The summed E-state index contributed by atoms with van der Waals surface area (Å²) in [4.78, 5) is 2.27. The molecule has 0 saturated heterocycles. The molecule has 0 unspecified atom stereocenters. The summed E-state index contributed by atoms with van der Waals surface area (Å²) < 4.78 is 2.39. The normalized spacial score (nSPS) is 13.9. The fraction of sp³-hybridized carbons (Fsp3) is 0. The maximum Gasteiger partial charge on any atom is 0.0541 e. The highest BCUT2D eigenvalue weighted by Gasteiger charge is 2.18. The van der Waals surface area contributed by atoms with Gasteiger partial charge < -0.3 is 9.47 Å². The van der Waals surface area contributed by atoms with E-state index < -0.39 is 0 Å². The van der Waals surface area contributed by atoms with Gasteiger partial charge in [-0.1, -0.05) is 140 Å². The molecule has 0 fully saturated rings. The predicted octanol–water partition coefficient (Wildman–Crippen LogP) is 13.0. The van der Waals surface area contributed by atoms with Crippen LogP contribution in [0.15, 0.2) is 201 Å². The molecule has 236 valence electrons. The first-order chi connectivity index (χ1) is 24.7. The number of rotatable bonds is 5. The summed E-state index contributed by atoms with van der Waals surface area (Å²) in [6.07, 6.45) is 8.37. The van der Waals surface area contributed by atoms with Crippen LogP contribution >= 0.6 is 0 Å². The Bertz CT molecular complexity index is 2590.